The molecule has 1 amide bonds. The number of halogens is 1. The summed E-state index contributed by atoms with van der Waals surface area (Å²) in [6.07, 6.45) is 4.09. The molecule has 2 aromatic carbocycles. The van der Waals surface area contributed by atoms with Crippen molar-refractivity contribution in [1.82, 2.24) is 19.4 Å². The smallest absolute Gasteiger partial charge is 0.254 e. The molecule has 0 bridgehead atoms. The van der Waals surface area contributed by atoms with E-state index in [1.165, 1.54) is 10.4 Å². The van der Waals surface area contributed by atoms with Gasteiger partial charge in [0.1, 0.15) is 5.82 Å². The van der Waals surface area contributed by atoms with Gasteiger partial charge in [-0.2, -0.15) is 9.40 Å². The van der Waals surface area contributed by atoms with Crippen molar-refractivity contribution in [2.24, 2.45) is 0 Å². The van der Waals surface area contributed by atoms with Gasteiger partial charge in [0.05, 0.1) is 16.1 Å². The molecule has 31 heavy (non-hydrogen) atoms. The Balaban J connectivity index is 1.65. The molecular formula is C22H25FN4O3S. The summed E-state index contributed by atoms with van der Waals surface area (Å²) in [5.74, 6) is -1.41. The highest BCUT2D eigenvalue weighted by molar-refractivity contribution is 7.89. The van der Waals surface area contributed by atoms with Crippen LogP contribution in [0.15, 0.2) is 65.8 Å². The Morgan fingerprint density at radius 3 is 2.45 bits per heavy atom. The first-order valence-electron chi connectivity index (χ1n) is 10.0. The Kier molecular flexibility index (Phi) is 7.19. The molecule has 0 radical (unpaired) electrons. The second-order valence-corrected chi connectivity index (χ2v) is 8.79. The fourth-order valence-corrected chi connectivity index (χ4v) is 4.69. The number of hydrogen-bond acceptors (Lipinski definition) is 4. The molecule has 0 unspecified atom stereocenters. The van der Waals surface area contributed by atoms with Crippen molar-refractivity contribution in [1.29, 1.82) is 0 Å². The summed E-state index contributed by atoms with van der Waals surface area (Å²) in [4.78, 5) is 12.4. The van der Waals surface area contributed by atoms with Gasteiger partial charge in [0, 0.05) is 32.0 Å². The highest BCUT2D eigenvalue weighted by Gasteiger charge is 2.24. The molecule has 0 aliphatic rings. The van der Waals surface area contributed by atoms with Crippen LogP contribution in [0.2, 0.25) is 0 Å². The number of nitrogens with one attached hydrogen (secondary N) is 1. The number of nitrogens with zero attached hydrogens (tertiary/aromatic N) is 3. The molecule has 7 nitrogen and oxygen atoms in total. The first-order valence-corrected chi connectivity index (χ1v) is 11.5. The van der Waals surface area contributed by atoms with Crippen molar-refractivity contribution in [3.63, 3.8) is 0 Å². The van der Waals surface area contributed by atoms with Gasteiger partial charge in [-0.15, -0.1) is 0 Å². The zero-order valence-electron chi connectivity index (χ0n) is 17.5. The highest BCUT2D eigenvalue weighted by Crippen LogP contribution is 2.19. The average molecular weight is 445 g/mol. The second-order valence-electron chi connectivity index (χ2n) is 6.85. The first-order chi connectivity index (χ1) is 14.9. The Morgan fingerprint density at radius 2 is 1.84 bits per heavy atom. The second kappa shape index (κ2) is 9.84. The first kappa shape index (κ1) is 22.6. The highest BCUT2D eigenvalue weighted by atomic mass is 32.2. The van der Waals surface area contributed by atoms with Gasteiger partial charge in [-0.1, -0.05) is 26.0 Å². The Labute approximate surface area is 181 Å². The number of benzene rings is 2. The molecule has 3 rings (SSSR count). The maximum absolute atomic E-state index is 14.2. The number of sulfonamides is 1. The maximum atomic E-state index is 14.2. The summed E-state index contributed by atoms with van der Waals surface area (Å²) >= 11 is 0. The lowest BCUT2D eigenvalue weighted by molar-refractivity contribution is 0.0950. The molecule has 1 heterocycles. The quantitative estimate of drug-likeness (QED) is 0.550. The van der Waals surface area contributed by atoms with Crippen LogP contribution in [-0.2, 0) is 16.4 Å². The molecule has 0 fully saturated rings. The van der Waals surface area contributed by atoms with Gasteiger partial charge in [0.25, 0.3) is 5.91 Å². The maximum Gasteiger partial charge on any atom is 0.254 e. The molecule has 1 aromatic heterocycles. The summed E-state index contributed by atoms with van der Waals surface area (Å²) in [5, 5.41) is 6.83. The molecule has 0 spiro atoms. The van der Waals surface area contributed by atoms with E-state index in [9.17, 15) is 17.6 Å². The summed E-state index contributed by atoms with van der Waals surface area (Å²) < 4.78 is 42.5. The van der Waals surface area contributed by atoms with Gasteiger partial charge in [0.2, 0.25) is 10.0 Å². The van der Waals surface area contributed by atoms with Crippen molar-refractivity contribution >= 4 is 15.9 Å². The van der Waals surface area contributed by atoms with Crippen molar-refractivity contribution in [2.75, 3.05) is 19.6 Å². The van der Waals surface area contributed by atoms with Crippen molar-refractivity contribution in [3.05, 3.63) is 77.9 Å². The summed E-state index contributed by atoms with van der Waals surface area (Å²) in [6.45, 7) is 4.31. The fourth-order valence-electron chi connectivity index (χ4n) is 3.20. The monoisotopic (exact) mass is 444 g/mol. The van der Waals surface area contributed by atoms with Crippen LogP contribution in [0.5, 0.6) is 0 Å². The van der Waals surface area contributed by atoms with Crippen LogP contribution in [0.4, 0.5) is 4.39 Å². The minimum absolute atomic E-state index is 0.100. The molecule has 1 N–H and O–H groups in total. The lowest BCUT2D eigenvalue weighted by atomic mass is 10.1. The summed E-state index contributed by atoms with van der Waals surface area (Å²) in [7, 11) is -3.78. The van der Waals surface area contributed by atoms with Gasteiger partial charge in [-0.05, 0) is 48.4 Å². The Morgan fingerprint density at radius 1 is 1.13 bits per heavy atom. The molecule has 9 heteroatoms. The predicted octanol–water partition coefficient (Wildman–Crippen LogP) is 3.01. The van der Waals surface area contributed by atoms with E-state index in [4.69, 9.17) is 0 Å². The van der Waals surface area contributed by atoms with Crippen LogP contribution in [0.1, 0.15) is 29.8 Å². The van der Waals surface area contributed by atoms with Crippen LogP contribution in [-0.4, -0.2) is 48.0 Å². The van der Waals surface area contributed by atoms with E-state index in [1.807, 2.05) is 36.5 Å². The van der Waals surface area contributed by atoms with Crippen LogP contribution in [0, 0.1) is 5.82 Å². The third-order valence-corrected chi connectivity index (χ3v) is 6.98. The third kappa shape index (κ3) is 5.18. The van der Waals surface area contributed by atoms with E-state index < -0.39 is 21.7 Å². The van der Waals surface area contributed by atoms with E-state index in [0.29, 0.717) is 6.42 Å². The van der Waals surface area contributed by atoms with E-state index in [2.05, 4.69) is 10.4 Å². The molecular weight excluding hydrogens is 419 g/mol. The van der Waals surface area contributed by atoms with Gasteiger partial charge in [-0.3, -0.25) is 4.79 Å². The van der Waals surface area contributed by atoms with Gasteiger partial charge in [0.15, 0.2) is 0 Å². The molecule has 0 aliphatic heterocycles. The molecule has 0 atom stereocenters. The minimum atomic E-state index is -3.78. The lowest BCUT2D eigenvalue weighted by Gasteiger charge is -2.19. The van der Waals surface area contributed by atoms with E-state index in [0.717, 1.165) is 23.4 Å². The molecule has 3 aromatic rings. The number of carbonyl (C=O) groups is 1. The molecule has 0 aliphatic carbocycles. The normalized spacial score (nSPS) is 11.6. The average Bonchev–Trinajstić information content (AvgIpc) is 3.30. The lowest BCUT2D eigenvalue weighted by Crippen LogP contribution is -2.31. The van der Waals surface area contributed by atoms with E-state index in [1.54, 1.807) is 24.7 Å². The van der Waals surface area contributed by atoms with Gasteiger partial charge >= 0.3 is 0 Å². The fraction of sp³-hybridized carbons (Fsp3) is 0.273. The third-order valence-electron chi connectivity index (χ3n) is 4.93. The zero-order valence-corrected chi connectivity index (χ0v) is 18.3. The van der Waals surface area contributed by atoms with E-state index >= 15 is 0 Å². The number of amides is 1. The Hall–Kier alpha value is -3.04. The number of aromatic nitrogens is 2. The van der Waals surface area contributed by atoms with Crippen LogP contribution in [0.3, 0.4) is 0 Å². The van der Waals surface area contributed by atoms with Crippen molar-refractivity contribution in [2.45, 2.75) is 25.2 Å². The van der Waals surface area contributed by atoms with Crippen LogP contribution in [0.25, 0.3) is 5.69 Å². The molecule has 164 valence electrons. The van der Waals surface area contributed by atoms with Gasteiger partial charge in [-0.25, -0.2) is 17.5 Å². The van der Waals surface area contributed by atoms with E-state index in [-0.39, 0.29) is 30.1 Å². The summed E-state index contributed by atoms with van der Waals surface area (Å²) in [5.41, 5.74) is 1.63. The van der Waals surface area contributed by atoms with Crippen molar-refractivity contribution in [3.8, 4) is 5.69 Å². The molecule has 0 saturated carbocycles. The van der Waals surface area contributed by atoms with Crippen LogP contribution >= 0.6 is 0 Å². The number of carbonyl (C=O) groups excluding carboxylic acids is 1. The standard InChI is InChI=1S/C22H25FN4O3S/c1-3-26(4-2)31(29,30)19-10-11-21(23)20(16-19)22(28)24-14-12-17-6-8-18(9-7-17)27-15-5-13-25-27/h5-11,13,15-16H,3-4,12,14H2,1-2H3,(H,24,28). The zero-order chi connectivity index (χ0) is 22.4. The number of hydrogen-bond donors (Lipinski definition) is 1. The Bertz CT molecular complexity index is 1130. The van der Waals surface area contributed by atoms with Gasteiger partial charge < -0.3 is 5.32 Å². The van der Waals surface area contributed by atoms with Crippen LogP contribution < -0.4 is 5.32 Å². The topological polar surface area (TPSA) is 84.3 Å². The minimum Gasteiger partial charge on any atom is -0.352 e. The van der Waals surface area contributed by atoms with Crippen molar-refractivity contribution < 1.29 is 17.6 Å². The largest absolute Gasteiger partial charge is 0.352 e. The summed E-state index contributed by atoms with van der Waals surface area (Å²) in [6, 6.07) is 12.8. The number of rotatable bonds is 9. The predicted molar refractivity (Wildman–Crippen MR) is 116 cm³/mol. The SMILES string of the molecule is CCN(CC)S(=O)(=O)c1ccc(F)c(C(=O)NCCc2ccc(-n3cccn3)cc2)c1. The molecule has 0 saturated heterocycles.